The number of pyridine rings is 1. The normalized spacial score (nSPS) is 13.6. The molecule has 0 unspecified atom stereocenters. The molecule has 1 aliphatic heterocycles. The summed E-state index contributed by atoms with van der Waals surface area (Å²) < 4.78 is 16.5. The summed E-state index contributed by atoms with van der Waals surface area (Å²) in [5.41, 5.74) is 3.86. The van der Waals surface area contributed by atoms with E-state index >= 15 is 0 Å². The van der Waals surface area contributed by atoms with Crippen molar-refractivity contribution in [2.75, 3.05) is 34.4 Å². The minimum Gasteiger partial charge on any atom is -0.496 e. The number of hydrogen-bond donors (Lipinski definition) is 0. The van der Waals surface area contributed by atoms with Crippen molar-refractivity contribution < 1.29 is 19.0 Å². The lowest BCUT2D eigenvalue weighted by molar-refractivity contribution is -0.130. The van der Waals surface area contributed by atoms with E-state index in [4.69, 9.17) is 14.2 Å². The fourth-order valence-electron chi connectivity index (χ4n) is 4.03. The van der Waals surface area contributed by atoms with Crippen LogP contribution in [0.5, 0.6) is 17.2 Å². The third kappa shape index (κ3) is 4.19. The fourth-order valence-corrected chi connectivity index (χ4v) is 4.03. The summed E-state index contributed by atoms with van der Waals surface area (Å²) in [6.07, 6.45) is 4.91. The molecule has 1 aliphatic rings. The van der Waals surface area contributed by atoms with E-state index in [1.54, 1.807) is 27.5 Å². The minimum absolute atomic E-state index is 0.0992. The van der Waals surface area contributed by atoms with Gasteiger partial charge < -0.3 is 19.1 Å². The smallest absolute Gasteiger partial charge is 0.227 e. The molecule has 2 aromatic carbocycles. The van der Waals surface area contributed by atoms with Crippen LogP contribution < -0.4 is 14.2 Å². The highest BCUT2D eigenvalue weighted by Crippen LogP contribution is 2.40. The van der Waals surface area contributed by atoms with Gasteiger partial charge in [0.05, 0.1) is 38.8 Å². The molecule has 0 fully saturated rings. The number of benzene rings is 2. The van der Waals surface area contributed by atoms with Gasteiger partial charge in [0.2, 0.25) is 5.91 Å². The number of nitrogens with zero attached hydrogens (tertiary/aromatic N) is 2. The molecule has 6 heteroatoms. The largest absolute Gasteiger partial charge is 0.496 e. The van der Waals surface area contributed by atoms with Crippen LogP contribution in [0.25, 0.3) is 16.5 Å². The monoisotopic (exact) mass is 418 g/mol. The molecule has 3 aromatic rings. The average Bonchev–Trinajstić information content (AvgIpc) is 2.83. The first-order valence-corrected chi connectivity index (χ1v) is 10.2. The van der Waals surface area contributed by atoms with Gasteiger partial charge in [0, 0.05) is 36.8 Å². The third-order valence-electron chi connectivity index (χ3n) is 5.66. The molecule has 6 nitrogen and oxygen atoms in total. The first kappa shape index (κ1) is 20.7. The number of ether oxygens (including phenoxy) is 3. The number of rotatable bonds is 6. The van der Waals surface area contributed by atoms with Gasteiger partial charge in [-0.25, -0.2) is 0 Å². The van der Waals surface area contributed by atoms with Gasteiger partial charge in [-0.15, -0.1) is 0 Å². The Kier molecular flexibility index (Phi) is 6.07. The van der Waals surface area contributed by atoms with E-state index in [1.165, 1.54) is 0 Å². The summed E-state index contributed by atoms with van der Waals surface area (Å²) in [5.74, 6) is 2.17. The third-order valence-corrected chi connectivity index (χ3v) is 5.66. The highest BCUT2D eigenvalue weighted by atomic mass is 16.5. The van der Waals surface area contributed by atoms with Crippen LogP contribution >= 0.6 is 0 Å². The Morgan fingerprint density at radius 3 is 2.42 bits per heavy atom. The van der Waals surface area contributed by atoms with Crippen molar-refractivity contribution in [3.05, 3.63) is 65.9 Å². The van der Waals surface area contributed by atoms with Crippen LogP contribution in [0.1, 0.15) is 17.5 Å². The molecule has 1 aromatic heterocycles. The average molecular weight is 418 g/mol. The molecular formula is C25H26N2O4. The first-order chi connectivity index (χ1) is 15.1. The van der Waals surface area contributed by atoms with Crippen molar-refractivity contribution in [1.82, 2.24) is 9.88 Å². The summed E-state index contributed by atoms with van der Waals surface area (Å²) in [6, 6.07) is 13.6. The van der Waals surface area contributed by atoms with Crippen LogP contribution in [0.3, 0.4) is 0 Å². The Balaban J connectivity index is 1.54. The fraction of sp³-hybridized carbons (Fsp3) is 0.280. The zero-order valence-corrected chi connectivity index (χ0v) is 18.1. The Bertz CT molecular complexity index is 1110. The lowest BCUT2D eigenvalue weighted by Crippen LogP contribution is -2.35. The zero-order valence-electron chi connectivity index (χ0n) is 18.1. The summed E-state index contributed by atoms with van der Waals surface area (Å²) in [4.78, 5) is 19.3. The summed E-state index contributed by atoms with van der Waals surface area (Å²) in [7, 11) is 4.88. The van der Waals surface area contributed by atoms with Crippen LogP contribution in [0.2, 0.25) is 0 Å². The minimum atomic E-state index is 0.0992. The van der Waals surface area contributed by atoms with E-state index in [0.717, 1.165) is 34.0 Å². The van der Waals surface area contributed by atoms with Gasteiger partial charge >= 0.3 is 0 Å². The predicted molar refractivity (Wildman–Crippen MR) is 121 cm³/mol. The molecular weight excluding hydrogens is 392 g/mol. The number of methoxy groups -OCH3 is 3. The molecule has 0 radical (unpaired) electrons. The quantitative estimate of drug-likeness (QED) is 0.603. The molecule has 1 amide bonds. The van der Waals surface area contributed by atoms with E-state index < -0.39 is 0 Å². The number of para-hydroxylation sites is 1. The van der Waals surface area contributed by atoms with Gasteiger partial charge in [0.15, 0.2) is 0 Å². The van der Waals surface area contributed by atoms with E-state index in [-0.39, 0.29) is 5.91 Å². The standard InChI is InChI=1S/C25H26N2O4/c1-29-20-15-21(30-2)24(22(16-20)31-3)17-9-12-27(13-10-17)23(28)14-19-7-4-6-18-8-5-11-26-25(18)19/h4-9,11,15-16H,10,12-14H2,1-3H3. The zero-order chi connectivity index (χ0) is 21.8. The molecule has 0 N–H and O–H groups in total. The van der Waals surface area contributed by atoms with Crippen molar-refractivity contribution >= 4 is 22.4 Å². The Labute approximate surface area is 182 Å². The molecule has 4 rings (SSSR count). The van der Waals surface area contributed by atoms with Crippen molar-refractivity contribution in [2.24, 2.45) is 0 Å². The molecule has 0 atom stereocenters. The van der Waals surface area contributed by atoms with Crippen LogP contribution in [0.4, 0.5) is 0 Å². The van der Waals surface area contributed by atoms with Crippen LogP contribution in [-0.4, -0.2) is 50.2 Å². The van der Waals surface area contributed by atoms with Crippen LogP contribution in [-0.2, 0) is 11.2 Å². The maximum atomic E-state index is 13.0. The van der Waals surface area contributed by atoms with Gasteiger partial charge in [0.1, 0.15) is 17.2 Å². The molecule has 31 heavy (non-hydrogen) atoms. The summed E-state index contributed by atoms with van der Waals surface area (Å²) in [5, 5.41) is 1.05. The number of amides is 1. The molecule has 0 saturated carbocycles. The molecule has 0 spiro atoms. The highest BCUT2D eigenvalue weighted by Gasteiger charge is 2.23. The van der Waals surface area contributed by atoms with E-state index in [0.29, 0.717) is 36.8 Å². The van der Waals surface area contributed by atoms with Gasteiger partial charge in [-0.05, 0) is 23.6 Å². The second kappa shape index (κ2) is 9.08. The topological polar surface area (TPSA) is 60.9 Å². The highest BCUT2D eigenvalue weighted by molar-refractivity contribution is 5.88. The maximum absolute atomic E-state index is 13.0. The molecule has 0 bridgehead atoms. The van der Waals surface area contributed by atoms with Crippen molar-refractivity contribution in [3.63, 3.8) is 0 Å². The molecule has 160 valence electrons. The number of hydrogen-bond acceptors (Lipinski definition) is 5. The van der Waals surface area contributed by atoms with Crippen molar-refractivity contribution in [1.29, 1.82) is 0 Å². The number of carbonyl (C=O) groups is 1. The van der Waals surface area contributed by atoms with Gasteiger partial charge in [-0.1, -0.05) is 30.3 Å². The number of fused-ring (bicyclic) bond motifs is 1. The van der Waals surface area contributed by atoms with E-state index in [9.17, 15) is 4.79 Å². The number of aromatic nitrogens is 1. The maximum Gasteiger partial charge on any atom is 0.227 e. The molecule has 0 aliphatic carbocycles. The lowest BCUT2D eigenvalue weighted by Gasteiger charge is -2.28. The van der Waals surface area contributed by atoms with Crippen LogP contribution in [0.15, 0.2) is 54.7 Å². The van der Waals surface area contributed by atoms with E-state index in [1.807, 2.05) is 47.4 Å². The van der Waals surface area contributed by atoms with E-state index in [2.05, 4.69) is 11.1 Å². The van der Waals surface area contributed by atoms with Gasteiger partial charge in [-0.3, -0.25) is 9.78 Å². The number of carbonyl (C=O) groups excluding carboxylic acids is 1. The van der Waals surface area contributed by atoms with Gasteiger partial charge in [-0.2, -0.15) is 0 Å². The van der Waals surface area contributed by atoms with Crippen molar-refractivity contribution in [3.8, 4) is 17.2 Å². The Morgan fingerprint density at radius 1 is 1.03 bits per heavy atom. The van der Waals surface area contributed by atoms with Crippen LogP contribution in [0, 0.1) is 0 Å². The Hall–Kier alpha value is -3.54. The predicted octanol–water partition coefficient (Wildman–Crippen LogP) is 4.12. The first-order valence-electron chi connectivity index (χ1n) is 10.2. The van der Waals surface area contributed by atoms with Crippen molar-refractivity contribution in [2.45, 2.75) is 12.8 Å². The molecule has 2 heterocycles. The lowest BCUT2D eigenvalue weighted by atomic mass is 9.96. The SMILES string of the molecule is COc1cc(OC)c(C2=CCN(C(=O)Cc3cccc4cccnc34)CC2)c(OC)c1. The molecule has 0 saturated heterocycles. The summed E-state index contributed by atoms with van der Waals surface area (Å²) in [6.45, 7) is 1.19. The Morgan fingerprint density at radius 2 is 1.77 bits per heavy atom. The van der Waals surface area contributed by atoms with Gasteiger partial charge in [0.25, 0.3) is 0 Å². The second-order valence-corrected chi connectivity index (χ2v) is 7.40. The second-order valence-electron chi connectivity index (χ2n) is 7.40. The summed E-state index contributed by atoms with van der Waals surface area (Å²) >= 11 is 0.